The number of aliphatic hydroxyl groups is 1. The molecule has 28 heavy (non-hydrogen) atoms. The molecule has 2 unspecified atom stereocenters. The van der Waals surface area contributed by atoms with E-state index in [2.05, 4.69) is 22.9 Å². The Hall–Kier alpha value is -2.06. The van der Waals surface area contributed by atoms with Crippen molar-refractivity contribution in [3.63, 3.8) is 0 Å². The van der Waals surface area contributed by atoms with Gasteiger partial charge in [-0.05, 0) is 60.5 Å². The van der Waals surface area contributed by atoms with Crippen molar-refractivity contribution in [2.24, 2.45) is 0 Å². The highest BCUT2D eigenvalue weighted by Gasteiger charge is 2.31. The van der Waals surface area contributed by atoms with Crippen LogP contribution in [0.1, 0.15) is 24.2 Å². The molecular weight excluding hydrogens is 398 g/mol. The molecule has 0 saturated carbocycles. The summed E-state index contributed by atoms with van der Waals surface area (Å²) in [6.07, 6.45) is 0.171. The molecule has 1 aliphatic rings. The van der Waals surface area contributed by atoms with Crippen molar-refractivity contribution in [1.82, 2.24) is 10.6 Å². The van der Waals surface area contributed by atoms with Gasteiger partial charge in [-0.2, -0.15) is 0 Å². The second-order valence-electron chi connectivity index (χ2n) is 6.70. The molecule has 0 radical (unpaired) electrons. The van der Waals surface area contributed by atoms with E-state index in [1.54, 1.807) is 12.1 Å². The van der Waals surface area contributed by atoms with E-state index in [0.29, 0.717) is 11.6 Å². The number of imide groups is 1. The molecule has 3 atom stereocenters. The number of carbonyl (C=O) groups excluding carboxylic acids is 2. The maximum absolute atomic E-state index is 11.6. The normalized spacial score (nSPS) is 18.6. The van der Waals surface area contributed by atoms with Gasteiger partial charge in [0.25, 0.3) is 11.1 Å². The van der Waals surface area contributed by atoms with Gasteiger partial charge in [0.1, 0.15) is 0 Å². The predicted molar refractivity (Wildman–Crippen MR) is 113 cm³/mol. The van der Waals surface area contributed by atoms with E-state index < -0.39 is 11.5 Å². The smallest absolute Gasteiger partial charge is 0.288 e. The number of thioether (sulfide) groups is 1. The van der Waals surface area contributed by atoms with Crippen LogP contribution in [0.25, 0.3) is 0 Å². The van der Waals surface area contributed by atoms with Crippen LogP contribution >= 0.6 is 23.4 Å². The van der Waals surface area contributed by atoms with Crippen molar-refractivity contribution < 1.29 is 14.7 Å². The molecule has 1 fully saturated rings. The molecule has 1 aliphatic heterocycles. The zero-order chi connectivity index (χ0) is 20.1. The molecular formula is C20H22ClN3O3S. The summed E-state index contributed by atoms with van der Waals surface area (Å²) in [5, 5.41) is 18.6. The van der Waals surface area contributed by atoms with Gasteiger partial charge in [0.2, 0.25) is 0 Å². The summed E-state index contributed by atoms with van der Waals surface area (Å²) in [4.78, 5) is 22.8. The third-order valence-electron chi connectivity index (χ3n) is 4.37. The van der Waals surface area contributed by atoms with Crippen LogP contribution in [0, 0.1) is 0 Å². The lowest BCUT2D eigenvalue weighted by atomic mass is 10.1. The Bertz CT molecular complexity index is 847. The van der Waals surface area contributed by atoms with Crippen molar-refractivity contribution in [3.8, 4) is 0 Å². The van der Waals surface area contributed by atoms with Crippen LogP contribution < -0.4 is 16.0 Å². The summed E-state index contributed by atoms with van der Waals surface area (Å²) in [5.41, 5.74) is 2.69. The second-order valence-corrected chi connectivity index (χ2v) is 8.21. The average molecular weight is 420 g/mol. The first kappa shape index (κ1) is 20.7. The monoisotopic (exact) mass is 419 g/mol. The van der Waals surface area contributed by atoms with E-state index in [4.69, 9.17) is 11.6 Å². The largest absolute Gasteiger partial charge is 0.387 e. The molecule has 1 heterocycles. The van der Waals surface area contributed by atoms with Crippen LogP contribution in [0.5, 0.6) is 0 Å². The number of halogens is 1. The molecule has 4 N–H and O–H groups in total. The zero-order valence-corrected chi connectivity index (χ0v) is 16.9. The van der Waals surface area contributed by atoms with Gasteiger partial charge >= 0.3 is 0 Å². The lowest BCUT2D eigenvalue weighted by Gasteiger charge is -2.18. The first-order chi connectivity index (χ1) is 13.4. The van der Waals surface area contributed by atoms with Crippen molar-refractivity contribution in [3.05, 3.63) is 64.7 Å². The van der Waals surface area contributed by atoms with Crippen molar-refractivity contribution >= 4 is 40.2 Å². The van der Waals surface area contributed by atoms with Crippen molar-refractivity contribution in [1.29, 1.82) is 0 Å². The van der Waals surface area contributed by atoms with E-state index in [-0.39, 0.29) is 17.2 Å². The maximum Gasteiger partial charge on any atom is 0.288 e. The van der Waals surface area contributed by atoms with Gasteiger partial charge < -0.3 is 15.7 Å². The minimum absolute atomic E-state index is 0.168. The van der Waals surface area contributed by atoms with E-state index in [0.717, 1.165) is 35.0 Å². The van der Waals surface area contributed by atoms with E-state index in [1.807, 2.05) is 36.4 Å². The molecule has 8 heteroatoms. The summed E-state index contributed by atoms with van der Waals surface area (Å²) >= 11 is 6.90. The third kappa shape index (κ3) is 5.72. The highest BCUT2D eigenvalue weighted by molar-refractivity contribution is 8.15. The van der Waals surface area contributed by atoms with Crippen LogP contribution in [-0.4, -0.2) is 34.2 Å². The van der Waals surface area contributed by atoms with Gasteiger partial charge in [-0.3, -0.25) is 14.9 Å². The summed E-state index contributed by atoms with van der Waals surface area (Å²) in [6, 6.07) is 15.1. The molecule has 2 aromatic rings. The summed E-state index contributed by atoms with van der Waals surface area (Å²) < 4.78 is 0. The maximum atomic E-state index is 11.6. The highest BCUT2D eigenvalue weighted by atomic mass is 35.5. The summed E-state index contributed by atoms with van der Waals surface area (Å²) in [5.74, 6) is -0.324. The van der Waals surface area contributed by atoms with E-state index in [9.17, 15) is 14.7 Å². The minimum Gasteiger partial charge on any atom is -0.387 e. The van der Waals surface area contributed by atoms with Gasteiger partial charge in [-0.25, -0.2) is 0 Å². The molecule has 0 spiro atoms. The standard InChI is InChI=1S/C20H22ClN3O3S/c1-12(22-11-17(25)14-3-2-4-15(21)10-14)9-13-5-7-16(8-6-13)23-19-18(26)24-20(27)28-19/h2-8,10,12,17,19,22-23,25H,9,11H2,1H3,(H,24,26,27)/t12?,17-,19?/m0/s1. The number of nitrogens with one attached hydrogen (secondary N) is 3. The van der Waals surface area contributed by atoms with Crippen molar-refractivity contribution in [2.45, 2.75) is 30.9 Å². The fourth-order valence-electron chi connectivity index (χ4n) is 2.91. The van der Waals surface area contributed by atoms with Gasteiger partial charge in [0.05, 0.1) is 6.10 Å². The molecule has 2 aromatic carbocycles. The number of carbonyl (C=O) groups is 2. The van der Waals surface area contributed by atoms with Crippen LogP contribution in [0.15, 0.2) is 48.5 Å². The average Bonchev–Trinajstić information content (AvgIpc) is 2.98. The van der Waals surface area contributed by atoms with E-state index >= 15 is 0 Å². The van der Waals surface area contributed by atoms with Crippen LogP contribution in [0.3, 0.4) is 0 Å². The topological polar surface area (TPSA) is 90.5 Å². The molecule has 2 amide bonds. The van der Waals surface area contributed by atoms with Crippen LogP contribution in [-0.2, 0) is 11.2 Å². The molecule has 0 aliphatic carbocycles. The lowest BCUT2D eigenvalue weighted by molar-refractivity contribution is -0.118. The molecule has 148 valence electrons. The number of amides is 2. The highest BCUT2D eigenvalue weighted by Crippen LogP contribution is 2.22. The third-order valence-corrected chi connectivity index (χ3v) is 5.49. The summed E-state index contributed by atoms with van der Waals surface area (Å²) in [7, 11) is 0. The Morgan fingerprint density at radius 3 is 2.61 bits per heavy atom. The number of hydrogen-bond acceptors (Lipinski definition) is 6. The number of rotatable bonds is 8. The van der Waals surface area contributed by atoms with E-state index in [1.165, 1.54) is 0 Å². The van der Waals surface area contributed by atoms with Gasteiger partial charge in [0, 0.05) is 23.3 Å². The van der Waals surface area contributed by atoms with Crippen molar-refractivity contribution in [2.75, 3.05) is 11.9 Å². The zero-order valence-electron chi connectivity index (χ0n) is 15.3. The Morgan fingerprint density at radius 2 is 1.96 bits per heavy atom. The fraction of sp³-hybridized carbons (Fsp3) is 0.300. The number of aliphatic hydroxyl groups excluding tert-OH is 1. The second kappa shape index (κ2) is 9.43. The lowest BCUT2D eigenvalue weighted by Crippen LogP contribution is -2.32. The number of anilines is 1. The van der Waals surface area contributed by atoms with Crippen LogP contribution in [0.2, 0.25) is 5.02 Å². The molecule has 0 bridgehead atoms. The first-order valence-electron chi connectivity index (χ1n) is 8.94. The summed E-state index contributed by atoms with van der Waals surface area (Å²) in [6.45, 7) is 2.49. The first-order valence-corrected chi connectivity index (χ1v) is 10.2. The Labute approximate surface area is 173 Å². The number of benzene rings is 2. The van der Waals surface area contributed by atoms with Gasteiger partial charge in [0.15, 0.2) is 5.37 Å². The Kier molecular flexibility index (Phi) is 6.96. The quantitative estimate of drug-likeness (QED) is 0.524. The minimum atomic E-state index is -0.620. The Morgan fingerprint density at radius 1 is 1.21 bits per heavy atom. The molecule has 3 rings (SSSR count). The Balaban J connectivity index is 1.47. The van der Waals surface area contributed by atoms with Gasteiger partial charge in [-0.15, -0.1) is 0 Å². The number of hydrogen-bond donors (Lipinski definition) is 4. The SMILES string of the molecule is CC(Cc1ccc(NC2SC(=O)NC2=O)cc1)NC[C@H](O)c1cccc(Cl)c1. The fourth-order valence-corrected chi connectivity index (χ4v) is 3.84. The molecule has 1 saturated heterocycles. The van der Waals surface area contributed by atoms with Gasteiger partial charge in [-0.1, -0.05) is 35.9 Å². The predicted octanol–water partition coefficient (Wildman–Crippen LogP) is 3.32. The van der Waals surface area contributed by atoms with Crippen LogP contribution in [0.4, 0.5) is 10.5 Å². The molecule has 0 aromatic heterocycles. The molecule has 6 nitrogen and oxygen atoms in total.